The Hall–Kier alpha value is -2.66. The third-order valence-electron chi connectivity index (χ3n) is 4.84. The molecule has 0 radical (unpaired) electrons. The van der Waals surface area contributed by atoms with Crippen LogP contribution in [0.15, 0.2) is 18.2 Å². The van der Waals surface area contributed by atoms with Crippen LogP contribution in [0.25, 0.3) is 0 Å². The van der Waals surface area contributed by atoms with Crippen LogP contribution in [-0.4, -0.2) is 46.1 Å². The number of carbonyl (C=O) groups is 1. The molecule has 1 aromatic carbocycles. The Morgan fingerprint density at radius 2 is 2.16 bits per heavy atom. The van der Waals surface area contributed by atoms with Crippen molar-refractivity contribution in [2.45, 2.75) is 37.8 Å². The van der Waals surface area contributed by atoms with E-state index in [1.807, 2.05) is 6.07 Å². The molecule has 8 nitrogen and oxygen atoms in total. The molecule has 0 spiro atoms. The molecule has 2 saturated carbocycles. The lowest BCUT2D eigenvalue weighted by atomic mass is 9.85. The van der Waals surface area contributed by atoms with Gasteiger partial charge in [0, 0.05) is 30.4 Å². The molecule has 2 N–H and O–H groups in total. The van der Waals surface area contributed by atoms with Crippen molar-refractivity contribution < 1.29 is 14.8 Å². The number of carboxylic acids is 1. The van der Waals surface area contributed by atoms with Gasteiger partial charge < -0.3 is 10.4 Å². The van der Waals surface area contributed by atoms with Crippen LogP contribution in [0.3, 0.4) is 0 Å². The van der Waals surface area contributed by atoms with Crippen molar-refractivity contribution in [1.82, 2.24) is 4.90 Å². The number of nitriles is 1. The van der Waals surface area contributed by atoms with Crippen LogP contribution in [-0.2, 0) is 4.79 Å². The smallest absolute Gasteiger partial charge is 0.317 e. The molecule has 132 valence electrons. The summed E-state index contributed by atoms with van der Waals surface area (Å²) in [6, 6.07) is 6.72. The van der Waals surface area contributed by atoms with Gasteiger partial charge in [-0.3, -0.25) is 19.8 Å². The fourth-order valence-corrected chi connectivity index (χ4v) is 3.26. The van der Waals surface area contributed by atoms with E-state index in [-0.39, 0.29) is 29.9 Å². The van der Waals surface area contributed by atoms with Crippen LogP contribution >= 0.6 is 0 Å². The van der Waals surface area contributed by atoms with E-state index in [1.165, 1.54) is 25.0 Å². The monoisotopic (exact) mass is 344 g/mol. The van der Waals surface area contributed by atoms with Crippen molar-refractivity contribution in [2.24, 2.45) is 5.92 Å². The van der Waals surface area contributed by atoms with Gasteiger partial charge in [-0.1, -0.05) is 0 Å². The number of aliphatic carboxylic acids is 1. The number of hydrogen-bond acceptors (Lipinski definition) is 6. The number of nitro benzene ring substituents is 1. The SMILES string of the molecule is N#Cc1cc(NC2CC(N(CC(=O)O)CC3CC3)C2)ccc1[N+](=O)[O-]. The van der Waals surface area contributed by atoms with E-state index >= 15 is 0 Å². The van der Waals surface area contributed by atoms with Crippen molar-refractivity contribution >= 4 is 17.3 Å². The summed E-state index contributed by atoms with van der Waals surface area (Å²) < 4.78 is 0. The molecule has 2 aliphatic carbocycles. The molecule has 0 unspecified atom stereocenters. The zero-order valence-corrected chi connectivity index (χ0v) is 13.7. The minimum absolute atomic E-state index is 0.0344. The van der Waals surface area contributed by atoms with E-state index in [2.05, 4.69) is 10.2 Å². The first kappa shape index (κ1) is 17.2. The second kappa shape index (κ2) is 7.07. The maximum absolute atomic E-state index is 11.0. The number of carboxylic acid groups (broad SMARTS) is 1. The highest BCUT2D eigenvalue weighted by Crippen LogP contribution is 2.35. The van der Waals surface area contributed by atoms with Gasteiger partial charge >= 0.3 is 5.97 Å². The molecule has 0 heterocycles. The molecule has 0 atom stereocenters. The Balaban J connectivity index is 1.56. The average molecular weight is 344 g/mol. The molecule has 0 amide bonds. The summed E-state index contributed by atoms with van der Waals surface area (Å²) in [6.07, 6.45) is 4.03. The number of rotatable bonds is 8. The van der Waals surface area contributed by atoms with E-state index in [0.29, 0.717) is 11.6 Å². The molecule has 0 aromatic heterocycles. The quantitative estimate of drug-likeness (QED) is 0.548. The molecule has 2 fully saturated rings. The summed E-state index contributed by atoms with van der Waals surface area (Å²) in [7, 11) is 0. The van der Waals surface area contributed by atoms with Gasteiger partial charge in [0.25, 0.3) is 5.69 Å². The first-order valence-corrected chi connectivity index (χ1v) is 8.37. The second-order valence-corrected chi connectivity index (χ2v) is 6.83. The highest BCUT2D eigenvalue weighted by atomic mass is 16.6. The van der Waals surface area contributed by atoms with E-state index in [9.17, 15) is 14.9 Å². The minimum Gasteiger partial charge on any atom is -0.480 e. The highest BCUT2D eigenvalue weighted by molar-refractivity contribution is 5.69. The molecule has 25 heavy (non-hydrogen) atoms. The van der Waals surface area contributed by atoms with Crippen LogP contribution in [0.5, 0.6) is 0 Å². The summed E-state index contributed by atoms with van der Waals surface area (Å²) in [5.74, 6) is -0.162. The topological polar surface area (TPSA) is 120 Å². The number of benzene rings is 1. The standard InChI is InChI=1S/C17H20N4O4/c18-8-12-5-13(3-4-16(12)21(24)25)19-14-6-15(7-14)20(10-17(22)23)9-11-1-2-11/h3-5,11,14-15,19H,1-2,6-7,9-10H2,(H,22,23). The Morgan fingerprint density at radius 3 is 2.72 bits per heavy atom. The van der Waals surface area contributed by atoms with Crippen LogP contribution in [0.2, 0.25) is 0 Å². The van der Waals surface area contributed by atoms with Crippen molar-refractivity contribution in [3.8, 4) is 6.07 Å². The maximum Gasteiger partial charge on any atom is 0.317 e. The zero-order valence-electron chi connectivity index (χ0n) is 13.7. The van der Waals surface area contributed by atoms with Crippen molar-refractivity contribution in [1.29, 1.82) is 5.26 Å². The molecule has 3 rings (SSSR count). The Labute approximate surface area is 145 Å². The van der Waals surface area contributed by atoms with Gasteiger partial charge in [0.2, 0.25) is 0 Å². The van der Waals surface area contributed by atoms with Crippen LogP contribution in [0.1, 0.15) is 31.2 Å². The first-order valence-electron chi connectivity index (χ1n) is 8.37. The molecular formula is C17H20N4O4. The lowest BCUT2D eigenvalue weighted by molar-refractivity contribution is -0.385. The van der Waals surface area contributed by atoms with Gasteiger partial charge in [-0.15, -0.1) is 0 Å². The molecule has 0 bridgehead atoms. The Morgan fingerprint density at radius 1 is 1.44 bits per heavy atom. The predicted molar refractivity (Wildman–Crippen MR) is 90.2 cm³/mol. The van der Waals surface area contributed by atoms with Crippen LogP contribution in [0, 0.1) is 27.4 Å². The number of nitrogens with one attached hydrogen (secondary N) is 1. The van der Waals surface area contributed by atoms with Crippen molar-refractivity contribution in [2.75, 3.05) is 18.4 Å². The number of hydrogen-bond donors (Lipinski definition) is 2. The van der Waals surface area contributed by atoms with Gasteiger partial charge in [-0.05, 0) is 43.7 Å². The third kappa shape index (κ3) is 4.25. The summed E-state index contributed by atoms with van der Waals surface area (Å²) in [5.41, 5.74) is 0.515. The minimum atomic E-state index is -0.800. The maximum atomic E-state index is 11.0. The molecule has 1 aromatic rings. The van der Waals surface area contributed by atoms with Crippen molar-refractivity contribution in [3.05, 3.63) is 33.9 Å². The van der Waals surface area contributed by atoms with Gasteiger partial charge in [-0.2, -0.15) is 5.26 Å². The summed E-state index contributed by atoms with van der Waals surface area (Å²) in [4.78, 5) is 23.4. The first-order chi connectivity index (χ1) is 12.0. The summed E-state index contributed by atoms with van der Waals surface area (Å²) >= 11 is 0. The van der Waals surface area contributed by atoms with E-state index in [0.717, 1.165) is 19.4 Å². The largest absolute Gasteiger partial charge is 0.480 e. The average Bonchev–Trinajstić information content (AvgIpc) is 3.33. The zero-order chi connectivity index (χ0) is 18.0. The molecule has 0 aliphatic heterocycles. The molecule has 0 saturated heterocycles. The normalized spacial score (nSPS) is 22.1. The lowest BCUT2D eigenvalue weighted by Crippen LogP contribution is -2.52. The predicted octanol–water partition coefficient (Wildman–Crippen LogP) is 2.21. The lowest BCUT2D eigenvalue weighted by Gasteiger charge is -2.43. The molecule has 8 heteroatoms. The summed E-state index contributed by atoms with van der Waals surface area (Å²) in [5, 5.41) is 32.3. The van der Waals surface area contributed by atoms with Gasteiger partial charge in [-0.25, -0.2) is 0 Å². The van der Waals surface area contributed by atoms with Gasteiger partial charge in [0.05, 0.1) is 11.5 Å². The van der Waals surface area contributed by atoms with Gasteiger partial charge in [0.15, 0.2) is 0 Å². The second-order valence-electron chi connectivity index (χ2n) is 6.83. The van der Waals surface area contributed by atoms with Crippen molar-refractivity contribution in [3.63, 3.8) is 0 Å². The summed E-state index contributed by atoms with van der Waals surface area (Å²) in [6.45, 7) is 0.920. The number of nitrogens with zero attached hydrogens (tertiary/aromatic N) is 3. The van der Waals surface area contributed by atoms with Gasteiger partial charge in [0.1, 0.15) is 11.6 Å². The van der Waals surface area contributed by atoms with Crippen LogP contribution in [0.4, 0.5) is 11.4 Å². The highest BCUT2D eigenvalue weighted by Gasteiger charge is 2.37. The molecular weight excluding hydrogens is 324 g/mol. The van der Waals surface area contributed by atoms with E-state index in [1.54, 1.807) is 6.07 Å². The fourth-order valence-electron chi connectivity index (χ4n) is 3.26. The number of nitro groups is 1. The Kier molecular flexibility index (Phi) is 4.86. The van der Waals surface area contributed by atoms with E-state index in [4.69, 9.17) is 10.4 Å². The third-order valence-corrected chi connectivity index (χ3v) is 4.84. The van der Waals surface area contributed by atoms with Crippen LogP contribution < -0.4 is 5.32 Å². The Bertz CT molecular complexity index is 720. The number of anilines is 1. The fraction of sp³-hybridized carbons (Fsp3) is 0.529. The van der Waals surface area contributed by atoms with E-state index < -0.39 is 10.9 Å². The molecule has 2 aliphatic rings.